The zero-order valence-electron chi connectivity index (χ0n) is 14.1. The Balaban J connectivity index is 2.31. The molecule has 0 saturated heterocycles. The first-order valence-corrected chi connectivity index (χ1v) is 8.28. The average Bonchev–Trinajstić information content (AvgIpc) is 2.56. The lowest BCUT2D eigenvalue weighted by Gasteiger charge is -2.48. The van der Waals surface area contributed by atoms with Gasteiger partial charge in [0.15, 0.2) is 5.78 Å². The first-order chi connectivity index (χ1) is 10.9. The molecule has 0 unspecified atom stereocenters. The third-order valence-corrected chi connectivity index (χ3v) is 5.04. The molecule has 1 heteroatoms. The third kappa shape index (κ3) is 2.76. The van der Waals surface area contributed by atoms with Gasteiger partial charge in [-0.05, 0) is 28.5 Å². The number of benzene rings is 2. The summed E-state index contributed by atoms with van der Waals surface area (Å²) in [5.41, 5.74) is 2.28. The Morgan fingerprint density at radius 2 is 1.35 bits per heavy atom. The Labute approximate surface area is 139 Å². The van der Waals surface area contributed by atoms with Crippen LogP contribution in [0.5, 0.6) is 0 Å². The fourth-order valence-corrected chi connectivity index (χ4v) is 3.95. The molecule has 0 aliphatic heterocycles. The van der Waals surface area contributed by atoms with Crippen LogP contribution in [0.25, 0.3) is 0 Å². The van der Waals surface area contributed by atoms with E-state index in [0.29, 0.717) is 6.42 Å². The van der Waals surface area contributed by atoms with Crippen molar-refractivity contribution in [1.29, 1.82) is 0 Å². The predicted molar refractivity (Wildman–Crippen MR) is 95.4 cm³/mol. The van der Waals surface area contributed by atoms with Crippen LogP contribution in [-0.2, 0) is 10.2 Å². The number of rotatable bonds is 2. The SMILES string of the molecule is CC(C)(C)[C@H]1CC(=O)C=CC1(c1ccccc1)c1ccccc1. The van der Waals surface area contributed by atoms with Crippen molar-refractivity contribution in [2.24, 2.45) is 11.3 Å². The van der Waals surface area contributed by atoms with Gasteiger partial charge in [-0.2, -0.15) is 0 Å². The molecule has 0 bridgehead atoms. The minimum Gasteiger partial charge on any atom is -0.295 e. The second-order valence-electron chi connectivity index (χ2n) is 7.52. The van der Waals surface area contributed by atoms with Gasteiger partial charge in [-0.1, -0.05) is 87.5 Å². The first kappa shape index (κ1) is 15.7. The van der Waals surface area contributed by atoms with Crippen LogP contribution in [0.1, 0.15) is 38.3 Å². The van der Waals surface area contributed by atoms with E-state index in [-0.39, 0.29) is 22.5 Å². The molecule has 1 aliphatic rings. The van der Waals surface area contributed by atoms with Crippen LogP contribution in [0.2, 0.25) is 0 Å². The van der Waals surface area contributed by atoms with Gasteiger partial charge in [0.1, 0.15) is 0 Å². The van der Waals surface area contributed by atoms with E-state index in [4.69, 9.17) is 0 Å². The van der Waals surface area contributed by atoms with Gasteiger partial charge in [-0.3, -0.25) is 4.79 Å². The van der Waals surface area contributed by atoms with Gasteiger partial charge in [-0.15, -0.1) is 0 Å². The highest BCUT2D eigenvalue weighted by Crippen LogP contribution is 2.51. The summed E-state index contributed by atoms with van der Waals surface area (Å²) in [6, 6.07) is 21.2. The molecule has 0 amide bonds. The molecule has 3 rings (SSSR count). The lowest BCUT2D eigenvalue weighted by atomic mass is 9.55. The van der Waals surface area contributed by atoms with Crippen LogP contribution < -0.4 is 0 Å². The Morgan fingerprint density at radius 1 is 0.870 bits per heavy atom. The van der Waals surface area contributed by atoms with E-state index in [1.807, 2.05) is 12.1 Å². The Hall–Kier alpha value is -2.15. The van der Waals surface area contributed by atoms with E-state index >= 15 is 0 Å². The number of ketones is 1. The molecular formula is C22H24O. The molecule has 0 heterocycles. The van der Waals surface area contributed by atoms with Crippen LogP contribution in [0.15, 0.2) is 72.8 Å². The molecule has 1 aliphatic carbocycles. The smallest absolute Gasteiger partial charge is 0.155 e. The van der Waals surface area contributed by atoms with Crippen molar-refractivity contribution in [3.63, 3.8) is 0 Å². The van der Waals surface area contributed by atoms with Crippen LogP contribution in [0.4, 0.5) is 0 Å². The highest BCUT2D eigenvalue weighted by molar-refractivity contribution is 5.92. The largest absolute Gasteiger partial charge is 0.295 e. The molecule has 0 spiro atoms. The Morgan fingerprint density at radius 3 is 1.78 bits per heavy atom. The first-order valence-electron chi connectivity index (χ1n) is 8.28. The summed E-state index contributed by atoms with van der Waals surface area (Å²) in [4.78, 5) is 12.2. The zero-order valence-corrected chi connectivity index (χ0v) is 14.1. The molecule has 0 radical (unpaired) electrons. The maximum atomic E-state index is 12.2. The summed E-state index contributed by atoms with van der Waals surface area (Å²) in [7, 11) is 0. The fraction of sp³-hybridized carbons (Fsp3) is 0.318. The van der Waals surface area contributed by atoms with Crippen molar-refractivity contribution in [3.8, 4) is 0 Å². The zero-order chi connectivity index (χ0) is 16.5. The monoisotopic (exact) mass is 304 g/mol. The van der Waals surface area contributed by atoms with Crippen LogP contribution in [-0.4, -0.2) is 5.78 Å². The van der Waals surface area contributed by atoms with Crippen molar-refractivity contribution in [2.75, 3.05) is 0 Å². The molecule has 0 N–H and O–H groups in total. The Bertz CT molecular complexity index is 665. The topological polar surface area (TPSA) is 17.1 Å². The lowest BCUT2D eigenvalue weighted by molar-refractivity contribution is -0.117. The molecular weight excluding hydrogens is 280 g/mol. The quantitative estimate of drug-likeness (QED) is 0.748. The van der Waals surface area contributed by atoms with Gasteiger partial charge in [-0.25, -0.2) is 0 Å². The van der Waals surface area contributed by atoms with Crippen molar-refractivity contribution in [2.45, 2.75) is 32.6 Å². The third-order valence-electron chi connectivity index (χ3n) is 5.04. The Kier molecular flexibility index (Phi) is 3.97. The number of hydrogen-bond acceptors (Lipinski definition) is 1. The summed E-state index contributed by atoms with van der Waals surface area (Å²) in [5, 5.41) is 0. The molecule has 1 nitrogen and oxygen atoms in total. The number of allylic oxidation sites excluding steroid dienone is 2. The van der Waals surface area contributed by atoms with E-state index in [1.54, 1.807) is 6.08 Å². The maximum Gasteiger partial charge on any atom is 0.155 e. The molecule has 0 saturated carbocycles. The van der Waals surface area contributed by atoms with Crippen molar-refractivity contribution >= 4 is 5.78 Å². The molecule has 0 fully saturated rings. The second kappa shape index (κ2) is 5.81. The fourth-order valence-electron chi connectivity index (χ4n) is 3.95. The maximum absolute atomic E-state index is 12.2. The van der Waals surface area contributed by atoms with Crippen molar-refractivity contribution in [1.82, 2.24) is 0 Å². The molecule has 0 aromatic heterocycles. The van der Waals surface area contributed by atoms with Gasteiger partial charge in [0.2, 0.25) is 0 Å². The van der Waals surface area contributed by atoms with Gasteiger partial charge in [0.05, 0.1) is 0 Å². The molecule has 118 valence electrons. The van der Waals surface area contributed by atoms with E-state index in [9.17, 15) is 4.79 Å². The lowest BCUT2D eigenvalue weighted by Crippen LogP contribution is -2.45. The van der Waals surface area contributed by atoms with Gasteiger partial charge < -0.3 is 0 Å². The van der Waals surface area contributed by atoms with Crippen LogP contribution in [0.3, 0.4) is 0 Å². The summed E-state index contributed by atoms with van der Waals surface area (Å²) < 4.78 is 0. The minimum absolute atomic E-state index is 0.0199. The van der Waals surface area contributed by atoms with E-state index in [2.05, 4.69) is 75.4 Å². The predicted octanol–water partition coefficient (Wildman–Crippen LogP) is 5.16. The van der Waals surface area contributed by atoms with E-state index < -0.39 is 0 Å². The average molecular weight is 304 g/mol. The van der Waals surface area contributed by atoms with Crippen LogP contribution in [0, 0.1) is 11.3 Å². The number of carbonyl (C=O) groups excluding carboxylic acids is 1. The molecule has 23 heavy (non-hydrogen) atoms. The molecule has 2 aromatic rings. The summed E-state index contributed by atoms with van der Waals surface area (Å²) in [6.45, 7) is 6.72. The molecule has 2 aromatic carbocycles. The minimum atomic E-state index is -0.255. The standard InChI is InChI=1S/C22H24O/c1-21(2,3)20-16-19(23)14-15-22(20,17-10-6-4-7-11-17)18-12-8-5-9-13-18/h4-15,20H,16H2,1-3H3/t20-/m1/s1. The molecule has 1 atom stereocenters. The van der Waals surface area contributed by atoms with Gasteiger partial charge in [0, 0.05) is 11.8 Å². The number of hydrogen-bond donors (Lipinski definition) is 0. The number of carbonyl (C=O) groups is 1. The van der Waals surface area contributed by atoms with Crippen LogP contribution >= 0.6 is 0 Å². The summed E-state index contributed by atoms with van der Waals surface area (Å²) in [5.74, 6) is 0.449. The summed E-state index contributed by atoms with van der Waals surface area (Å²) in [6.07, 6.45) is 4.51. The van der Waals surface area contributed by atoms with Gasteiger partial charge in [0.25, 0.3) is 0 Å². The van der Waals surface area contributed by atoms with E-state index in [1.165, 1.54) is 11.1 Å². The second-order valence-corrected chi connectivity index (χ2v) is 7.52. The highest BCUT2D eigenvalue weighted by atomic mass is 16.1. The van der Waals surface area contributed by atoms with Crippen molar-refractivity contribution < 1.29 is 4.79 Å². The van der Waals surface area contributed by atoms with E-state index in [0.717, 1.165) is 0 Å². The van der Waals surface area contributed by atoms with Gasteiger partial charge >= 0.3 is 0 Å². The highest BCUT2D eigenvalue weighted by Gasteiger charge is 2.47. The normalized spacial score (nSPS) is 20.5. The van der Waals surface area contributed by atoms with Crippen molar-refractivity contribution in [3.05, 3.63) is 83.9 Å². The summed E-state index contributed by atoms with van der Waals surface area (Å²) >= 11 is 0.